The molecule has 7 heteroatoms. The lowest BCUT2D eigenvalue weighted by molar-refractivity contribution is -0.137. The number of pyridine rings is 2. The lowest BCUT2D eigenvalue weighted by atomic mass is 10.3. The molecule has 3 aromatic heterocycles. The van der Waals surface area contributed by atoms with E-state index in [9.17, 15) is 9.59 Å². The number of nitrogens with zero attached hydrogens (tertiary/aromatic N) is 4. The molecular weight excluding hydrogens is 308 g/mol. The van der Waals surface area contributed by atoms with E-state index >= 15 is 0 Å². The first-order valence-electron chi connectivity index (χ1n) is 7.60. The van der Waals surface area contributed by atoms with Crippen molar-refractivity contribution in [2.24, 2.45) is 0 Å². The molecule has 0 atom stereocenters. The van der Waals surface area contributed by atoms with Crippen LogP contribution in [0, 0.1) is 6.92 Å². The van der Waals surface area contributed by atoms with Gasteiger partial charge in [0.1, 0.15) is 17.2 Å². The predicted molar refractivity (Wildman–Crippen MR) is 86.7 cm³/mol. The van der Waals surface area contributed by atoms with Gasteiger partial charge in [-0.1, -0.05) is 6.92 Å². The van der Waals surface area contributed by atoms with Crippen molar-refractivity contribution in [3.8, 4) is 5.82 Å². The second kappa shape index (κ2) is 6.57. The molecule has 0 amide bonds. The Bertz CT molecular complexity index is 900. The van der Waals surface area contributed by atoms with E-state index in [0.29, 0.717) is 12.2 Å². The Hall–Kier alpha value is -3.09. The van der Waals surface area contributed by atoms with Crippen LogP contribution in [0.3, 0.4) is 0 Å². The minimum atomic E-state index is -0.691. The molecule has 3 rings (SSSR count). The molecule has 0 aliphatic rings. The van der Waals surface area contributed by atoms with Gasteiger partial charge in [0, 0.05) is 18.8 Å². The zero-order chi connectivity index (χ0) is 17.1. The molecule has 122 valence electrons. The van der Waals surface area contributed by atoms with Gasteiger partial charge in [0.15, 0.2) is 0 Å². The van der Waals surface area contributed by atoms with E-state index in [2.05, 4.69) is 15.0 Å². The Morgan fingerprint density at radius 2 is 2.04 bits per heavy atom. The molecule has 0 radical (unpaired) electrons. The van der Waals surface area contributed by atoms with Crippen LogP contribution in [0.2, 0.25) is 0 Å². The van der Waals surface area contributed by atoms with Crippen molar-refractivity contribution < 1.29 is 14.3 Å². The Balaban J connectivity index is 1.88. The fourth-order valence-corrected chi connectivity index (χ4v) is 2.40. The van der Waals surface area contributed by atoms with Crippen molar-refractivity contribution in [3.63, 3.8) is 0 Å². The molecule has 0 aliphatic heterocycles. The highest BCUT2D eigenvalue weighted by molar-refractivity contribution is 5.96. The number of esters is 2. The largest absolute Gasteiger partial charge is 0.389 e. The molecule has 0 saturated carbocycles. The molecule has 3 aromatic rings. The van der Waals surface area contributed by atoms with E-state index in [0.717, 1.165) is 16.9 Å². The lowest BCUT2D eigenvalue weighted by Gasteiger charge is -2.07. The van der Waals surface area contributed by atoms with Crippen LogP contribution in [0.15, 0.2) is 36.8 Å². The van der Waals surface area contributed by atoms with Crippen LogP contribution in [-0.2, 0) is 9.53 Å². The smallest absolute Gasteiger partial charge is 0.347 e. The summed E-state index contributed by atoms with van der Waals surface area (Å²) in [6.07, 6.45) is 5.61. The quantitative estimate of drug-likeness (QED) is 0.541. The zero-order valence-electron chi connectivity index (χ0n) is 13.4. The van der Waals surface area contributed by atoms with Crippen LogP contribution in [-0.4, -0.2) is 31.5 Å². The Morgan fingerprint density at radius 3 is 2.75 bits per heavy atom. The molecule has 0 saturated heterocycles. The van der Waals surface area contributed by atoms with Crippen molar-refractivity contribution in [1.82, 2.24) is 19.5 Å². The zero-order valence-corrected chi connectivity index (χ0v) is 13.4. The normalized spacial score (nSPS) is 10.8. The number of hydrogen-bond acceptors (Lipinski definition) is 6. The predicted octanol–water partition coefficient (Wildman–Crippen LogP) is 2.61. The Labute approximate surface area is 138 Å². The van der Waals surface area contributed by atoms with Crippen LogP contribution < -0.4 is 0 Å². The van der Waals surface area contributed by atoms with Crippen LogP contribution in [0.25, 0.3) is 16.9 Å². The standard InChI is InChI=1S/C17H16N4O3/c1-3-4-16(22)24-17(23)12-5-6-15(19-9-12)21-11(2)20-13-10-18-8-7-14(13)21/h5-10H,3-4H2,1-2H3. The minimum absolute atomic E-state index is 0.214. The first kappa shape index (κ1) is 15.8. The SMILES string of the molecule is CCCC(=O)OC(=O)c1ccc(-n2c(C)nc3cnccc32)nc1. The van der Waals surface area contributed by atoms with Crippen LogP contribution in [0.1, 0.15) is 35.9 Å². The average Bonchev–Trinajstić information content (AvgIpc) is 2.91. The Kier molecular flexibility index (Phi) is 4.33. The highest BCUT2D eigenvalue weighted by atomic mass is 16.6. The number of hydrogen-bond donors (Lipinski definition) is 0. The molecule has 0 unspecified atom stereocenters. The maximum atomic E-state index is 11.9. The summed E-state index contributed by atoms with van der Waals surface area (Å²) in [5.41, 5.74) is 1.88. The molecule has 0 fully saturated rings. The van der Waals surface area contributed by atoms with Crippen molar-refractivity contribution >= 4 is 23.0 Å². The second-order valence-corrected chi connectivity index (χ2v) is 5.28. The lowest BCUT2D eigenvalue weighted by Crippen LogP contribution is -2.12. The van der Waals surface area contributed by atoms with Gasteiger partial charge in [-0.3, -0.25) is 14.3 Å². The average molecular weight is 324 g/mol. The van der Waals surface area contributed by atoms with Crippen LogP contribution >= 0.6 is 0 Å². The fraction of sp³-hybridized carbons (Fsp3) is 0.235. The topological polar surface area (TPSA) is 87.0 Å². The van der Waals surface area contributed by atoms with E-state index in [1.54, 1.807) is 24.5 Å². The molecular formula is C17H16N4O3. The monoisotopic (exact) mass is 324 g/mol. The number of rotatable bonds is 4. The summed E-state index contributed by atoms with van der Waals surface area (Å²) in [5.74, 6) is 0.163. The van der Waals surface area contributed by atoms with Gasteiger partial charge in [-0.2, -0.15) is 0 Å². The molecule has 0 N–H and O–H groups in total. The number of aryl methyl sites for hydroxylation is 1. The van der Waals surface area contributed by atoms with Gasteiger partial charge in [0.2, 0.25) is 0 Å². The van der Waals surface area contributed by atoms with Gasteiger partial charge in [0.05, 0.1) is 17.3 Å². The van der Waals surface area contributed by atoms with Gasteiger partial charge in [-0.05, 0) is 31.5 Å². The van der Waals surface area contributed by atoms with Crippen molar-refractivity contribution in [3.05, 3.63) is 48.2 Å². The van der Waals surface area contributed by atoms with Gasteiger partial charge in [0.25, 0.3) is 0 Å². The highest BCUT2D eigenvalue weighted by Crippen LogP contribution is 2.19. The highest BCUT2D eigenvalue weighted by Gasteiger charge is 2.14. The van der Waals surface area contributed by atoms with Crippen molar-refractivity contribution in [2.75, 3.05) is 0 Å². The minimum Gasteiger partial charge on any atom is -0.389 e. The first-order valence-corrected chi connectivity index (χ1v) is 7.60. The molecule has 0 spiro atoms. The van der Waals surface area contributed by atoms with Crippen LogP contribution in [0.4, 0.5) is 0 Å². The number of ether oxygens (including phenoxy) is 1. The van der Waals surface area contributed by atoms with E-state index in [-0.39, 0.29) is 12.0 Å². The summed E-state index contributed by atoms with van der Waals surface area (Å²) in [6, 6.07) is 5.12. The molecule has 0 aliphatic carbocycles. The third-order valence-corrected chi connectivity index (χ3v) is 3.50. The number of imidazole rings is 1. The number of carbonyl (C=O) groups is 2. The summed E-state index contributed by atoms with van der Waals surface area (Å²) >= 11 is 0. The summed E-state index contributed by atoms with van der Waals surface area (Å²) in [6.45, 7) is 3.71. The van der Waals surface area contributed by atoms with E-state index in [1.165, 1.54) is 6.20 Å². The van der Waals surface area contributed by atoms with Crippen molar-refractivity contribution in [2.45, 2.75) is 26.7 Å². The summed E-state index contributed by atoms with van der Waals surface area (Å²) in [4.78, 5) is 36.1. The number of fused-ring (bicyclic) bond motifs is 1. The molecule has 0 aromatic carbocycles. The van der Waals surface area contributed by atoms with E-state index < -0.39 is 11.9 Å². The molecule has 7 nitrogen and oxygen atoms in total. The van der Waals surface area contributed by atoms with Crippen molar-refractivity contribution in [1.29, 1.82) is 0 Å². The maximum Gasteiger partial charge on any atom is 0.347 e. The second-order valence-electron chi connectivity index (χ2n) is 5.28. The molecule has 3 heterocycles. The summed E-state index contributed by atoms with van der Waals surface area (Å²) < 4.78 is 6.63. The third kappa shape index (κ3) is 3.01. The Morgan fingerprint density at radius 1 is 1.21 bits per heavy atom. The molecule has 0 bridgehead atoms. The summed E-state index contributed by atoms with van der Waals surface area (Å²) in [7, 11) is 0. The maximum absolute atomic E-state index is 11.9. The van der Waals surface area contributed by atoms with Gasteiger partial charge in [-0.25, -0.2) is 14.8 Å². The summed E-state index contributed by atoms with van der Waals surface area (Å²) in [5, 5.41) is 0. The first-order chi connectivity index (χ1) is 11.6. The van der Waals surface area contributed by atoms with Gasteiger partial charge < -0.3 is 4.74 Å². The van der Waals surface area contributed by atoms with E-state index in [4.69, 9.17) is 4.74 Å². The van der Waals surface area contributed by atoms with Gasteiger partial charge in [-0.15, -0.1) is 0 Å². The number of carbonyl (C=O) groups excluding carboxylic acids is 2. The van der Waals surface area contributed by atoms with Crippen LogP contribution in [0.5, 0.6) is 0 Å². The number of aromatic nitrogens is 4. The van der Waals surface area contributed by atoms with E-state index in [1.807, 2.05) is 24.5 Å². The third-order valence-electron chi connectivity index (χ3n) is 3.50. The fourth-order valence-electron chi connectivity index (χ4n) is 2.40. The molecule has 24 heavy (non-hydrogen) atoms. The van der Waals surface area contributed by atoms with Gasteiger partial charge >= 0.3 is 11.9 Å².